The Morgan fingerprint density at radius 1 is 1.22 bits per heavy atom. The number of carbonyl (C=O) groups excluding carboxylic acids is 2. The highest BCUT2D eigenvalue weighted by Gasteiger charge is 2.35. The van der Waals surface area contributed by atoms with Gasteiger partial charge in [-0.1, -0.05) is 18.2 Å². The summed E-state index contributed by atoms with van der Waals surface area (Å²) in [6.07, 6.45) is 2.70. The summed E-state index contributed by atoms with van der Waals surface area (Å²) < 4.78 is 40.1. The molecule has 2 heterocycles. The molecular formula is C21H25N2O8P. The third-order valence-electron chi connectivity index (χ3n) is 4.51. The molecule has 0 bridgehead atoms. The van der Waals surface area contributed by atoms with Crippen molar-refractivity contribution in [2.45, 2.75) is 38.2 Å². The van der Waals surface area contributed by atoms with Crippen LogP contribution in [0.15, 0.2) is 54.9 Å². The van der Waals surface area contributed by atoms with Crippen LogP contribution in [-0.4, -0.2) is 49.1 Å². The summed E-state index contributed by atoms with van der Waals surface area (Å²) in [5, 5.41) is 2.57. The predicted octanol–water partition coefficient (Wildman–Crippen LogP) is 3.10. The summed E-state index contributed by atoms with van der Waals surface area (Å²) in [5.74, 6) is -0.864. The highest BCUT2D eigenvalue weighted by Crippen LogP contribution is 2.45. The van der Waals surface area contributed by atoms with Crippen LogP contribution in [0.3, 0.4) is 0 Å². The van der Waals surface area contributed by atoms with Crippen LogP contribution in [0.2, 0.25) is 0 Å². The highest BCUT2D eigenvalue weighted by molar-refractivity contribution is 7.52. The molecule has 1 saturated heterocycles. The summed E-state index contributed by atoms with van der Waals surface area (Å²) in [7, 11) is -2.73. The van der Waals surface area contributed by atoms with E-state index >= 15 is 0 Å². The molecule has 0 spiro atoms. The molecule has 10 nitrogen and oxygen atoms in total. The van der Waals surface area contributed by atoms with Crippen molar-refractivity contribution in [1.29, 1.82) is 0 Å². The van der Waals surface area contributed by atoms with Crippen molar-refractivity contribution < 1.29 is 37.4 Å². The Bertz CT molecular complexity index is 943. The molecule has 0 radical (unpaired) electrons. The number of ether oxygens (including phenoxy) is 3. The summed E-state index contributed by atoms with van der Waals surface area (Å²) in [5.41, 5.74) is 0.317. The molecule has 1 aromatic heterocycles. The maximum absolute atomic E-state index is 13.3. The van der Waals surface area contributed by atoms with Gasteiger partial charge in [0.15, 0.2) is 0 Å². The highest BCUT2D eigenvalue weighted by atomic mass is 31.2. The van der Waals surface area contributed by atoms with Crippen LogP contribution in [-0.2, 0) is 28.1 Å². The van der Waals surface area contributed by atoms with E-state index in [1.54, 1.807) is 48.7 Å². The number of carbonyl (C=O) groups is 2. The summed E-state index contributed by atoms with van der Waals surface area (Å²) in [6.45, 7) is 1.38. The third kappa shape index (κ3) is 6.86. The van der Waals surface area contributed by atoms with Gasteiger partial charge in [-0.05, 0) is 37.6 Å². The van der Waals surface area contributed by atoms with Gasteiger partial charge in [0.1, 0.15) is 11.8 Å². The lowest BCUT2D eigenvalue weighted by Crippen LogP contribution is -2.35. The lowest BCUT2D eigenvalue weighted by atomic mass is 10.2. The van der Waals surface area contributed by atoms with E-state index in [2.05, 4.69) is 14.8 Å². The third-order valence-corrected chi connectivity index (χ3v) is 6.15. The van der Waals surface area contributed by atoms with Gasteiger partial charge < -0.3 is 18.7 Å². The number of pyridine rings is 1. The van der Waals surface area contributed by atoms with Gasteiger partial charge in [0, 0.05) is 18.8 Å². The molecule has 2 aromatic rings. The first-order chi connectivity index (χ1) is 15.4. The van der Waals surface area contributed by atoms with Crippen LogP contribution in [0.1, 0.15) is 30.1 Å². The van der Waals surface area contributed by atoms with Crippen LogP contribution in [0.25, 0.3) is 0 Å². The normalized spacial score (nSPS) is 20.7. The van der Waals surface area contributed by atoms with E-state index in [1.165, 1.54) is 20.2 Å². The first kappa shape index (κ1) is 23.9. The van der Waals surface area contributed by atoms with E-state index in [4.69, 9.17) is 18.5 Å². The molecule has 1 fully saturated rings. The Hall–Kier alpha value is -2.78. The van der Waals surface area contributed by atoms with Gasteiger partial charge in [-0.3, -0.25) is 14.3 Å². The van der Waals surface area contributed by atoms with Crippen LogP contribution in [0.5, 0.6) is 5.75 Å². The number of esters is 2. The Labute approximate surface area is 185 Å². The smallest absolute Gasteiger partial charge is 0.459 e. The first-order valence-electron chi connectivity index (χ1n) is 10.00. The van der Waals surface area contributed by atoms with Crippen molar-refractivity contribution in [3.63, 3.8) is 0 Å². The summed E-state index contributed by atoms with van der Waals surface area (Å²) >= 11 is 0. The molecule has 1 aliphatic rings. The number of aromatic nitrogens is 1. The molecule has 2 unspecified atom stereocenters. The molecule has 0 saturated carbocycles. The summed E-state index contributed by atoms with van der Waals surface area (Å²) in [4.78, 5) is 27.8. The van der Waals surface area contributed by atoms with Crippen molar-refractivity contribution >= 4 is 19.7 Å². The van der Waals surface area contributed by atoms with E-state index in [0.717, 1.165) is 0 Å². The minimum absolute atomic E-state index is 0.105. The topological polar surface area (TPSA) is 122 Å². The lowest BCUT2D eigenvalue weighted by molar-refractivity contribution is -0.142. The van der Waals surface area contributed by atoms with Crippen LogP contribution in [0, 0.1) is 0 Å². The standard InChI is InChI=1S/C21H25N2O8P/c1-15(20(24)27-2)23-32(26,31-17-8-4-3-5-9-17)28-14-18-10-11-19(29-18)30-21(25)16-7-6-12-22-13-16/h3-9,12-13,15,18-19H,10-11,14H2,1-2H3,(H,23,26)/t15-,18+,19?,32?/m1/s1. The van der Waals surface area contributed by atoms with Crippen molar-refractivity contribution in [3.8, 4) is 5.75 Å². The van der Waals surface area contributed by atoms with Gasteiger partial charge in [-0.2, -0.15) is 5.09 Å². The van der Waals surface area contributed by atoms with E-state index in [0.29, 0.717) is 24.2 Å². The molecule has 0 aliphatic carbocycles. The number of nitrogens with zero attached hydrogens (tertiary/aromatic N) is 1. The molecule has 3 rings (SSSR count). The molecule has 1 N–H and O–H groups in total. The lowest BCUT2D eigenvalue weighted by Gasteiger charge is -2.23. The Morgan fingerprint density at radius 3 is 2.69 bits per heavy atom. The average molecular weight is 464 g/mol. The fourth-order valence-electron chi connectivity index (χ4n) is 2.91. The van der Waals surface area contributed by atoms with E-state index in [-0.39, 0.29) is 6.61 Å². The van der Waals surface area contributed by atoms with Gasteiger partial charge in [0.05, 0.1) is 25.4 Å². The van der Waals surface area contributed by atoms with Crippen LogP contribution < -0.4 is 9.61 Å². The Morgan fingerprint density at radius 2 is 2.00 bits per heavy atom. The van der Waals surface area contributed by atoms with Crippen molar-refractivity contribution in [3.05, 3.63) is 60.4 Å². The fraction of sp³-hybridized carbons (Fsp3) is 0.381. The minimum atomic E-state index is -3.96. The van der Waals surface area contributed by atoms with Gasteiger partial charge in [0.25, 0.3) is 0 Å². The molecular weight excluding hydrogens is 439 g/mol. The van der Waals surface area contributed by atoms with Crippen LogP contribution >= 0.6 is 7.75 Å². The predicted molar refractivity (Wildman–Crippen MR) is 113 cm³/mol. The molecule has 32 heavy (non-hydrogen) atoms. The first-order valence-corrected chi connectivity index (χ1v) is 11.5. The maximum Gasteiger partial charge on any atom is 0.459 e. The number of benzene rings is 1. The zero-order chi connectivity index (χ0) is 23.0. The fourth-order valence-corrected chi connectivity index (χ4v) is 4.43. The second-order valence-corrected chi connectivity index (χ2v) is 8.68. The number of hydrogen-bond acceptors (Lipinski definition) is 9. The number of para-hydroxylation sites is 1. The average Bonchev–Trinajstić information content (AvgIpc) is 3.25. The molecule has 11 heteroatoms. The Kier molecular flexibility index (Phi) is 8.35. The number of nitrogens with one attached hydrogen (secondary N) is 1. The van der Waals surface area contributed by atoms with E-state index in [1.807, 2.05) is 0 Å². The van der Waals surface area contributed by atoms with Crippen LogP contribution in [0.4, 0.5) is 0 Å². The molecule has 1 aliphatic heterocycles. The van der Waals surface area contributed by atoms with E-state index < -0.39 is 38.1 Å². The van der Waals surface area contributed by atoms with Gasteiger partial charge >= 0.3 is 19.7 Å². The monoisotopic (exact) mass is 464 g/mol. The Balaban J connectivity index is 1.57. The van der Waals surface area contributed by atoms with Gasteiger partial charge in [0.2, 0.25) is 6.29 Å². The zero-order valence-electron chi connectivity index (χ0n) is 17.7. The molecule has 4 atom stereocenters. The second kappa shape index (κ2) is 11.2. The van der Waals surface area contributed by atoms with Crippen molar-refractivity contribution in [2.24, 2.45) is 0 Å². The number of rotatable bonds is 10. The number of methoxy groups -OCH3 is 1. The maximum atomic E-state index is 13.3. The second-order valence-electron chi connectivity index (χ2n) is 6.98. The molecule has 172 valence electrons. The quantitative estimate of drug-likeness (QED) is 0.414. The SMILES string of the molecule is COC(=O)[C@@H](C)NP(=O)(OC[C@@H]1CCC(OC(=O)c2cccnc2)O1)Oc1ccccc1. The van der Waals surface area contributed by atoms with E-state index in [9.17, 15) is 14.2 Å². The van der Waals surface area contributed by atoms with Crippen molar-refractivity contribution in [1.82, 2.24) is 10.1 Å². The summed E-state index contributed by atoms with van der Waals surface area (Å²) in [6, 6.07) is 10.7. The minimum Gasteiger partial charge on any atom is -0.468 e. The number of hydrogen-bond donors (Lipinski definition) is 1. The van der Waals surface area contributed by atoms with Crippen molar-refractivity contribution in [2.75, 3.05) is 13.7 Å². The molecule has 1 aromatic carbocycles. The molecule has 0 amide bonds. The van der Waals surface area contributed by atoms with Gasteiger partial charge in [-0.15, -0.1) is 0 Å². The zero-order valence-corrected chi connectivity index (χ0v) is 18.6. The van der Waals surface area contributed by atoms with Gasteiger partial charge in [-0.25, -0.2) is 9.36 Å². The largest absolute Gasteiger partial charge is 0.468 e.